The third-order valence-electron chi connectivity index (χ3n) is 2.53. The number of fused-ring (bicyclic) bond motifs is 1. The number of hydrogen-bond donors (Lipinski definition) is 0. The molecule has 3 rings (SSSR count). The van der Waals surface area contributed by atoms with Crippen LogP contribution in [0, 0.1) is 0 Å². The number of aromatic nitrogens is 3. The summed E-state index contributed by atoms with van der Waals surface area (Å²) < 4.78 is 15.2. The van der Waals surface area contributed by atoms with Crippen molar-refractivity contribution in [3.63, 3.8) is 0 Å². The van der Waals surface area contributed by atoms with Gasteiger partial charge in [-0.15, -0.1) is 0 Å². The molecule has 0 saturated carbocycles. The number of nitrogens with zero attached hydrogens (tertiary/aromatic N) is 3. The first-order valence-corrected chi connectivity index (χ1v) is 5.47. The highest BCUT2D eigenvalue weighted by Crippen LogP contribution is 2.16. The summed E-state index contributed by atoms with van der Waals surface area (Å²) in [5, 5.41) is 3.81. The maximum absolute atomic E-state index is 5.18. The standard InChI is InChI=1S/C12H11N3O3/c1-16-6-11-14-12(18-15-11)5-8-2-3-10-9(4-8)13-7-17-10/h2-4,7H,5-6H2,1H3. The summed E-state index contributed by atoms with van der Waals surface area (Å²) in [5.41, 5.74) is 2.64. The number of ether oxygens (including phenoxy) is 1. The highest BCUT2D eigenvalue weighted by atomic mass is 16.5. The minimum Gasteiger partial charge on any atom is -0.443 e. The van der Waals surface area contributed by atoms with Crippen molar-refractivity contribution in [3.05, 3.63) is 41.9 Å². The average Bonchev–Trinajstić information content (AvgIpc) is 2.98. The summed E-state index contributed by atoms with van der Waals surface area (Å²) in [6.07, 6.45) is 2.00. The van der Waals surface area contributed by atoms with E-state index in [4.69, 9.17) is 13.7 Å². The van der Waals surface area contributed by atoms with Gasteiger partial charge in [0.1, 0.15) is 12.1 Å². The normalized spacial score (nSPS) is 11.2. The lowest BCUT2D eigenvalue weighted by molar-refractivity contribution is 0.174. The van der Waals surface area contributed by atoms with E-state index in [2.05, 4.69) is 15.1 Å². The van der Waals surface area contributed by atoms with Gasteiger partial charge in [0.15, 0.2) is 17.8 Å². The first kappa shape index (κ1) is 10.9. The number of hydrogen-bond acceptors (Lipinski definition) is 6. The molecule has 0 aliphatic heterocycles. The molecule has 0 aliphatic rings. The summed E-state index contributed by atoms with van der Waals surface area (Å²) in [7, 11) is 1.59. The van der Waals surface area contributed by atoms with Crippen molar-refractivity contribution in [2.75, 3.05) is 7.11 Å². The van der Waals surface area contributed by atoms with E-state index in [1.54, 1.807) is 7.11 Å². The molecule has 2 aromatic heterocycles. The lowest BCUT2D eigenvalue weighted by Crippen LogP contribution is -1.92. The Morgan fingerprint density at radius 3 is 3.17 bits per heavy atom. The zero-order chi connectivity index (χ0) is 12.4. The van der Waals surface area contributed by atoms with Gasteiger partial charge in [-0.25, -0.2) is 4.98 Å². The molecule has 0 radical (unpaired) electrons. The van der Waals surface area contributed by atoms with Crippen molar-refractivity contribution in [1.29, 1.82) is 0 Å². The molecule has 3 aromatic rings. The second kappa shape index (κ2) is 4.58. The summed E-state index contributed by atoms with van der Waals surface area (Å²) in [5.74, 6) is 1.11. The second-order valence-corrected chi connectivity index (χ2v) is 3.87. The molecule has 0 N–H and O–H groups in total. The Hall–Kier alpha value is -2.21. The van der Waals surface area contributed by atoms with Crippen LogP contribution in [0.1, 0.15) is 17.3 Å². The van der Waals surface area contributed by atoms with Gasteiger partial charge in [0.25, 0.3) is 0 Å². The molecule has 0 unspecified atom stereocenters. The molecule has 2 heterocycles. The zero-order valence-corrected chi connectivity index (χ0v) is 9.79. The van der Waals surface area contributed by atoms with Crippen LogP contribution >= 0.6 is 0 Å². The van der Waals surface area contributed by atoms with Crippen LogP contribution in [0.25, 0.3) is 11.1 Å². The van der Waals surface area contributed by atoms with Crippen molar-refractivity contribution in [1.82, 2.24) is 15.1 Å². The van der Waals surface area contributed by atoms with Crippen LogP contribution in [0.15, 0.2) is 33.5 Å². The number of benzene rings is 1. The van der Waals surface area contributed by atoms with Crippen LogP contribution in [0.2, 0.25) is 0 Å². The Balaban J connectivity index is 1.81. The fourth-order valence-corrected chi connectivity index (χ4v) is 1.74. The van der Waals surface area contributed by atoms with Gasteiger partial charge in [0.05, 0.1) is 6.42 Å². The van der Waals surface area contributed by atoms with Gasteiger partial charge in [-0.2, -0.15) is 4.98 Å². The van der Waals surface area contributed by atoms with E-state index in [-0.39, 0.29) is 0 Å². The van der Waals surface area contributed by atoms with E-state index in [0.717, 1.165) is 16.7 Å². The second-order valence-electron chi connectivity index (χ2n) is 3.87. The lowest BCUT2D eigenvalue weighted by Gasteiger charge is -1.95. The fraction of sp³-hybridized carbons (Fsp3) is 0.250. The van der Waals surface area contributed by atoms with Crippen LogP contribution in [-0.2, 0) is 17.8 Å². The average molecular weight is 245 g/mol. The predicted octanol–water partition coefficient (Wildman–Crippen LogP) is 1.95. The topological polar surface area (TPSA) is 74.2 Å². The summed E-state index contributed by atoms with van der Waals surface area (Å²) >= 11 is 0. The van der Waals surface area contributed by atoms with E-state index < -0.39 is 0 Å². The van der Waals surface area contributed by atoms with Gasteiger partial charge >= 0.3 is 0 Å². The van der Waals surface area contributed by atoms with E-state index in [0.29, 0.717) is 24.7 Å². The van der Waals surface area contributed by atoms with Crippen LogP contribution in [0.4, 0.5) is 0 Å². The van der Waals surface area contributed by atoms with Crippen molar-refractivity contribution < 1.29 is 13.7 Å². The zero-order valence-electron chi connectivity index (χ0n) is 9.79. The van der Waals surface area contributed by atoms with E-state index in [9.17, 15) is 0 Å². The van der Waals surface area contributed by atoms with Gasteiger partial charge in [0.2, 0.25) is 5.89 Å². The Morgan fingerprint density at radius 1 is 1.33 bits per heavy atom. The predicted molar refractivity (Wildman–Crippen MR) is 61.8 cm³/mol. The molecular formula is C12H11N3O3. The fourth-order valence-electron chi connectivity index (χ4n) is 1.74. The third kappa shape index (κ3) is 2.10. The Morgan fingerprint density at radius 2 is 2.28 bits per heavy atom. The van der Waals surface area contributed by atoms with Crippen LogP contribution < -0.4 is 0 Å². The SMILES string of the molecule is COCc1noc(Cc2ccc3ocnc3c2)n1. The van der Waals surface area contributed by atoms with Gasteiger partial charge in [-0.05, 0) is 17.7 Å². The molecule has 0 aliphatic carbocycles. The molecule has 0 saturated heterocycles. The lowest BCUT2D eigenvalue weighted by atomic mass is 10.1. The van der Waals surface area contributed by atoms with Gasteiger partial charge in [-0.1, -0.05) is 11.2 Å². The van der Waals surface area contributed by atoms with E-state index in [1.807, 2.05) is 18.2 Å². The molecule has 0 spiro atoms. The van der Waals surface area contributed by atoms with Crippen molar-refractivity contribution >= 4 is 11.1 Å². The molecule has 6 nitrogen and oxygen atoms in total. The van der Waals surface area contributed by atoms with E-state index in [1.165, 1.54) is 6.39 Å². The minimum atomic E-state index is 0.353. The van der Waals surface area contributed by atoms with Crippen molar-refractivity contribution in [3.8, 4) is 0 Å². The van der Waals surface area contributed by atoms with Gasteiger partial charge in [-0.3, -0.25) is 0 Å². The molecular weight excluding hydrogens is 234 g/mol. The van der Waals surface area contributed by atoms with Crippen LogP contribution in [0.3, 0.4) is 0 Å². The smallest absolute Gasteiger partial charge is 0.231 e. The molecule has 92 valence electrons. The largest absolute Gasteiger partial charge is 0.443 e. The van der Waals surface area contributed by atoms with E-state index >= 15 is 0 Å². The molecule has 6 heteroatoms. The highest BCUT2D eigenvalue weighted by molar-refractivity contribution is 5.72. The maximum Gasteiger partial charge on any atom is 0.231 e. The van der Waals surface area contributed by atoms with Crippen molar-refractivity contribution in [2.24, 2.45) is 0 Å². The Kier molecular flexibility index (Phi) is 2.77. The minimum absolute atomic E-state index is 0.353. The first-order valence-electron chi connectivity index (χ1n) is 5.47. The molecule has 18 heavy (non-hydrogen) atoms. The van der Waals surface area contributed by atoms with Gasteiger partial charge in [0, 0.05) is 7.11 Å². The molecule has 0 amide bonds. The summed E-state index contributed by atoms with van der Waals surface area (Å²) in [6, 6.07) is 5.77. The highest BCUT2D eigenvalue weighted by Gasteiger charge is 2.08. The summed E-state index contributed by atoms with van der Waals surface area (Å²) in [6.45, 7) is 0.353. The Labute approximate surface area is 103 Å². The van der Waals surface area contributed by atoms with Gasteiger partial charge < -0.3 is 13.7 Å². The number of rotatable bonds is 4. The summed E-state index contributed by atoms with van der Waals surface area (Å²) in [4.78, 5) is 8.32. The molecule has 0 atom stereocenters. The third-order valence-corrected chi connectivity index (χ3v) is 2.53. The molecule has 0 bridgehead atoms. The molecule has 1 aromatic carbocycles. The van der Waals surface area contributed by atoms with Crippen molar-refractivity contribution in [2.45, 2.75) is 13.0 Å². The quantitative estimate of drug-likeness (QED) is 0.699. The van der Waals surface area contributed by atoms with Crippen LogP contribution in [-0.4, -0.2) is 22.2 Å². The monoisotopic (exact) mass is 245 g/mol. The Bertz CT molecular complexity index is 659. The first-order chi connectivity index (χ1) is 8.85. The molecule has 0 fully saturated rings. The number of methoxy groups -OCH3 is 1. The number of oxazole rings is 1. The maximum atomic E-state index is 5.18. The van der Waals surface area contributed by atoms with Crippen LogP contribution in [0.5, 0.6) is 0 Å².